The van der Waals surface area contributed by atoms with Crippen molar-refractivity contribution in [2.45, 2.75) is 44.7 Å². The van der Waals surface area contributed by atoms with E-state index in [0.717, 1.165) is 31.9 Å². The molecule has 0 bridgehead atoms. The third-order valence-electron chi connectivity index (χ3n) is 5.67. The Kier molecular flexibility index (Phi) is 4.31. The summed E-state index contributed by atoms with van der Waals surface area (Å²) in [5.74, 6) is 1.06. The van der Waals surface area contributed by atoms with Gasteiger partial charge in [-0.3, -0.25) is 4.90 Å². The van der Waals surface area contributed by atoms with Gasteiger partial charge < -0.3 is 14.6 Å². The summed E-state index contributed by atoms with van der Waals surface area (Å²) in [6.07, 6.45) is 6.28. The second-order valence-electron chi connectivity index (χ2n) is 7.53. The highest BCUT2D eigenvalue weighted by Crippen LogP contribution is 2.34. The first kappa shape index (κ1) is 15.4. The van der Waals surface area contributed by atoms with Crippen molar-refractivity contribution >= 4 is 0 Å². The zero-order valence-electron chi connectivity index (χ0n) is 13.8. The van der Waals surface area contributed by atoms with Gasteiger partial charge in [0.1, 0.15) is 5.75 Å². The molecule has 0 unspecified atom stereocenters. The summed E-state index contributed by atoms with van der Waals surface area (Å²) in [5.41, 5.74) is 2.68. The van der Waals surface area contributed by atoms with Gasteiger partial charge in [0, 0.05) is 25.6 Å². The maximum absolute atomic E-state index is 9.80. The first-order chi connectivity index (χ1) is 11.3. The molecule has 2 fully saturated rings. The van der Waals surface area contributed by atoms with Gasteiger partial charge in [-0.2, -0.15) is 0 Å². The van der Waals surface area contributed by atoms with Crippen molar-refractivity contribution < 1.29 is 14.6 Å². The van der Waals surface area contributed by atoms with E-state index < -0.39 is 0 Å². The van der Waals surface area contributed by atoms with Gasteiger partial charge in [-0.25, -0.2) is 0 Å². The summed E-state index contributed by atoms with van der Waals surface area (Å²) in [7, 11) is 0. The quantitative estimate of drug-likeness (QED) is 0.875. The van der Waals surface area contributed by atoms with Crippen molar-refractivity contribution in [2.24, 2.45) is 5.41 Å². The summed E-state index contributed by atoms with van der Waals surface area (Å²) < 4.78 is 11.0. The van der Waals surface area contributed by atoms with E-state index in [1.54, 1.807) is 0 Å². The average molecular weight is 317 g/mol. The fraction of sp³-hybridized carbons (Fsp3) is 0.684. The smallest absolute Gasteiger partial charge is 0.122 e. The van der Waals surface area contributed by atoms with E-state index in [-0.39, 0.29) is 12.0 Å². The highest BCUT2D eigenvalue weighted by atomic mass is 16.5. The second-order valence-corrected chi connectivity index (χ2v) is 7.53. The van der Waals surface area contributed by atoms with Gasteiger partial charge >= 0.3 is 0 Å². The molecular formula is C19H27NO3. The van der Waals surface area contributed by atoms with Gasteiger partial charge in [0.25, 0.3) is 0 Å². The molecule has 1 aromatic rings. The van der Waals surface area contributed by atoms with E-state index in [2.05, 4.69) is 23.1 Å². The Hall–Kier alpha value is -1.10. The lowest BCUT2D eigenvalue weighted by Gasteiger charge is -2.45. The fourth-order valence-corrected chi connectivity index (χ4v) is 4.21. The van der Waals surface area contributed by atoms with Crippen LogP contribution in [-0.4, -0.2) is 49.0 Å². The SMILES string of the molecule is OCC1(CN(Cc2ccc3c(c2)CCO3)C2CCCC2)COC1. The molecule has 0 spiro atoms. The lowest BCUT2D eigenvalue weighted by molar-refractivity contribution is -0.152. The van der Waals surface area contributed by atoms with Gasteiger partial charge in [0.05, 0.1) is 31.8 Å². The van der Waals surface area contributed by atoms with E-state index in [9.17, 15) is 5.11 Å². The zero-order chi connectivity index (χ0) is 15.7. The fourth-order valence-electron chi connectivity index (χ4n) is 4.21. The van der Waals surface area contributed by atoms with E-state index in [1.165, 1.54) is 36.8 Å². The van der Waals surface area contributed by atoms with E-state index >= 15 is 0 Å². The summed E-state index contributed by atoms with van der Waals surface area (Å²) in [4.78, 5) is 2.60. The summed E-state index contributed by atoms with van der Waals surface area (Å²) in [6, 6.07) is 7.30. The maximum atomic E-state index is 9.80. The molecule has 4 heteroatoms. The molecule has 1 aliphatic carbocycles. The number of ether oxygens (including phenoxy) is 2. The first-order valence-corrected chi connectivity index (χ1v) is 8.95. The molecule has 0 atom stereocenters. The van der Waals surface area contributed by atoms with Crippen LogP contribution in [0.3, 0.4) is 0 Å². The molecule has 2 aliphatic heterocycles. The molecule has 0 radical (unpaired) electrons. The molecule has 4 rings (SSSR count). The monoisotopic (exact) mass is 317 g/mol. The largest absolute Gasteiger partial charge is 0.493 e. The van der Waals surface area contributed by atoms with Crippen LogP contribution in [0.25, 0.3) is 0 Å². The summed E-state index contributed by atoms with van der Waals surface area (Å²) >= 11 is 0. The number of hydrogen-bond acceptors (Lipinski definition) is 4. The lowest BCUT2D eigenvalue weighted by atomic mass is 9.85. The van der Waals surface area contributed by atoms with Crippen LogP contribution >= 0.6 is 0 Å². The van der Waals surface area contributed by atoms with Crippen LogP contribution in [0.1, 0.15) is 36.8 Å². The standard InChI is InChI=1S/C19H27NO3/c21-12-19(13-22-14-19)11-20(17-3-1-2-4-17)10-15-5-6-18-16(9-15)7-8-23-18/h5-6,9,17,21H,1-4,7-8,10-14H2. The van der Waals surface area contributed by atoms with E-state index in [1.807, 2.05) is 0 Å². The Morgan fingerprint density at radius 3 is 2.74 bits per heavy atom. The molecule has 126 valence electrons. The van der Waals surface area contributed by atoms with Crippen LogP contribution < -0.4 is 4.74 Å². The minimum Gasteiger partial charge on any atom is -0.493 e. The van der Waals surface area contributed by atoms with Gasteiger partial charge in [-0.1, -0.05) is 25.0 Å². The van der Waals surface area contributed by atoms with Gasteiger partial charge in [0.2, 0.25) is 0 Å². The second kappa shape index (κ2) is 6.42. The third kappa shape index (κ3) is 3.12. The minimum atomic E-state index is -0.0393. The van der Waals surface area contributed by atoms with Crippen molar-refractivity contribution in [2.75, 3.05) is 33.0 Å². The number of aliphatic hydroxyl groups excluding tert-OH is 1. The molecule has 23 heavy (non-hydrogen) atoms. The van der Waals surface area contributed by atoms with E-state index in [0.29, 0.717) is 19.3 Å². The van der Waals surface area contributed by atoms with Crippen LogP contribution in [0.4, 0.5) is 0 Å². The highest BCUT2D eigenvalue weighted by Gasteiger charge is 2.41. The molecule has 1 saturated carbocycles. The van der Waals surface area contributed by atoms with Crippen LogP contribution in [0.15, 0.2) is 18.2 Å². The normalized spacial score (nSPS) is 22.9. The molecule has 3 aliphatic rings. The van der Waals surface area contributed by atoms with Crippen molar-refractivity contribution in [3.63, 3.8) is 0 Å². The summed E-state index contributed by atoms with van der Waals surface area (Å²) in [6.45, 7) is 4.36. The Balaban J connectivity index is 1.50. The molecular weight excluding hydrogens is 290 g/mol. The van der Waals surface area contributed by atoms with Crippen LogP contribution in [-0.2, 0) is 17.7 Å². The van der Waals surface area contributed by atoms with Gasteiger partial charge in [-0.15, -0.1) is 0 Å². The van der Waals surface area contributed by atoms with Crippen LogP contribution in [0.5, 0.6) is 5.75 Å². The topological polar surface area (TPSA) is 41.9 Å². The lowest BCUT2D eigenvalue weighted by Crippen LogP contribution is -2.54. The molecule has 1 aromatic carbocycles. The zero-order valence-corrected chi connectivity index (χ0v) is 13.8. The van der Waals surface area contributed by atoms with Crippen molar-refractivity contribution in [1.82, 2.24) is 4.90 Å². The Bertz CT molecular complexity index is 544. The average Bonchev–Trinajstić information content (AvgIpc) is 3.20. The van der Waals surface area contributed by atoms with Crippen LogP contribution in [0, 0.1) is 5.41 Å². The number of hydrogen-bond donors (Lipinski definition) is 1. The molecule has 1 N–H and O–H groups in total. The Labute approximate surface area is 138 Å². The number of benzene rings is 1. The Morgan fingerprint density at radius 2 is 2.04 bits per heavy atom. The maximum Gasteiger partial charge on any atom is 0.122 e. The van der Waals surface area contributed by atoms with Crippen molar-refractivity contribution in [1.29, 1.82) is 0 Å². The molecule has 2 heterocycles. The van der Waals surface area contributed by atoms with Crippen LogP contribution in [0.2, 0.25) is 0 Å². The molecule has 1 saturated heterocycles. The predicted molar refractivity (Wildman–Crippen MR) is 88.6 cm³/mol. The minimum absolute atomic E-state index is 0.0393. The number of fused-ring (bicyclic) bond motifs is 1. The molecule has 4 nitrogen and oxygen atoms in total. The third-order valence-corrected chi connectivity index (χ3v) is 5.67. The van der Waals surface area contributed by atoms with Gasteiger partial charge in [0.15, 0.2) is 0 Å². The Morgan fingerprint density at radius 1 is 1.22 bits per heavy atom. The summed E-state index contributed by atoms with van der Waals surface area (Å²) in [5, 5.41) is 9.80. The first-order valence-electron chi connectivity index (χ1n) is 8.95. The van der Waals surface area contributed by atoms with Crippen molar-refractivity contribution in [3.8, 4) is 5.75 Å². The highest BCUT2D eigenvalue weighted by molar-refractivity contribution is 5.39. The van der Waals surface area contributed by atoms with Gasteiger partial charge in [-0.05, 0) is 30.0 Å². The number of nitrogens with zero attached hydrogens (tertiary/aromatic N) is 1. The predicted octanol–water partition coefficient (Wildman–Crippen LogP) is 2.38. The van der Waals surface area contributed by atoms with E-state index in [4.69, 9.17) is 9.47 Å². The number of aliphatic hydroxyl groups is 1. The van der Waals surface area contributed by atoms with Crippen molar-refractivity contribution in [3.05, 3.63) is 29.3 Å². The molecule has 0 amide bonds. The number of rotatable bonds is 6. The molecule has 0 aromatic heterocycles.